The zero-order valence-electron chi connectivity index (χ0n) is 14.3. The number of anilines is 1. The average Bonchev–Trinajstić information content (AvgIpc) is 3.06. The first-order valence-corrected chi connectivity index (χ1v) is 8.77. The summed E-state index contributed by atoms with van der Waals surface area (Å²) in [6, 6.07) is 11.1. The SMILES string of the molecule is O[C@@H](CN1CCN(c2ccc(F)cc2)CC1)c1c[nH]c2ccc(F)cc12. The Hall–Kier alpha value is -2.44. The number of β-amino-alcohol motifs (C(OH)–C–C–N with tert-alkyl or cyclic N) is 1. The van der Waals surface area contributed by atoms with Crippen molar-refractivity contribution >= 4 is 16.6 Å². The summed E-state index contributed by atoms with van der Waals surface area (Å²) in [5, 5.41) is 11.3. The van der Waals surface area contributed by atoms with Crippen LogP contribution in [-0.2, 0) is 0 Å². The third-order valence-electron chi connectivity index (χ3n) is 5.03. The van der Waals surface area contributed by atoms with Crippen LogP contribution in [0, 0.1) is 11.6 Å². The lowest BCUT2D eigenvalue weighted by Crippen LogP contribution is -2.47. The maximum Gasteiger partial charge on any atom is 0.123 e. The molecule has 2 N–H and O–H groups in total. The van der Waals surface area contributed by atoms with E-state index in [-0.39, 0.29) is 11.6 Å². The highest BCUT2D eigenvalue weighted by Crippen LogP contribution is 2.26. The molecule has 2 heterocycles. The molecule has 0 saturated carbocycles. The van der Waals surface area contributed by atoms with Crippen LogP contribution in [0.1, 0.15) is 11.7 Å². The third-order valence-corrected chi connectivity index (χ3v) is 5.03. The Kier molecular flexibility index (Phi) is 4.61. The number of aromatic amines is 1. The molecule has 6 heteroatoms. The number of aliphatic hydroxyl groups excluding tert-OH is 1. The molecular formula is C20H21F2N3O. The molecule has 26 heavy (non-hydrogen) atoms. The number of hydrogen-bond acceptors (Lipinski definition) is 3. The fourth-order valence-corrected chi connectivity index (χ4v) is 3.57. The molecule has 0 bridgehead atoms. The van der Waals surface area contributed by atoms with Crippen LogP contribution in [-0.4, -0.2) is 47.7 Å². The van der Waals surface area contributed by atoms with Gasteiger partial charge in [-0.25, -0.2) is 8.78 Å². The summed E-state index contributed by atoms with van der Waals surface area (Å²) in [7, 11) is 0. The molecule has 1 saturated heterocycles. The van der Waals surface area contributed by atoms with Gasteiger partial charge in [0.05, 0.1) is 6.10 Å². The summed E-state index contributed by atoms with van der Waals surface area (Å²) >= 11 is 0. The van der Waals surface area contributed by atoms with Gasteiger partial charge >= 0.3 is 0 Å². The quantitative estimate of drug-likeness (QED) is 0.753. The number of hydrogen-bond donors (Lipinski definition) is 2. The van der Waals surface area contributed by atoms with Gasteiger partial charge in [0.25, 0.3) is 0 Å². The summed E-state index contributed by atoms with van der Waals surface area (Å²) in [5.41, 5.74) is 2.56. The number of H-pyrrole nitrogens is 1. The Morgan fingerprint density at radius 3 is 2.38 bits per heavy atom. The molecule has 0 unspecified atom stereocenters. The molecule has 0 radical (unpaired) electrons. The van der Waals surface area contributed by atoms with Crippen molar-refractivity contribution in [1.82, 2.24) is 9.88 Å². The number of nitrogens with zero attached hydrogens (tertiary/aromatic N) is 2. The lowest BCUT2D eigenvalue weighted by atomic mass is 10.1. The second-order valence-corrected chi connectivity index (χ2v) is 6.71. The van der Waals surface area contributed by atoms with Crippen LogP contribution in [0.15, 0.2) is 48.7 Å². The van der Waals surface area contributed by atoms with E-state index in [1.165, 1.54) is 24.3 Å². The maximum absolute atomic E-state index is 13.5. The van der Waals surface area contributed by atoms with E-state index >= 15 is 0 Å². The number of benzene rings is 2. The van der Waals surface area contributed by atoms with Gasteiger partial charge in [0, 0.05) is 61.1 Å². The first kappa shape index (κ1) is 17.0. The van der Waals surface area contributed by atoms with Gasteiger partial charge < -0.3 is 15.0 Å². The zero-order valence-corrected chi connectivity index (χ0v) is 14.3. The lowest BCUT2D eigenvalue weighted by Gasteiger charge is -2.36. The Labute approximate surface area is 150 Å². The Morgan fingerprint density at radius 2 is 1.65 bits per heavy atom. The Morgan fingerprint density at radius 1 is 0.962 bits per heavy atom. The van der Waals surface area contributed by atoms with E-state index in [1.807, 2.05) is 0 Å². The van der Waals surface area contributed by atoms with Crippen LogP contribution in [0.25, 0.3) is 10.9 Å². The average molecular weight is 357 g/mol. The molecule has 1 aromatic heterocycles. The van der Waals surface area contributed by atoms with E-state index in [0.29, 0.717) is 6.54 Å². The van der Waals surface area contributed by atoms with Crippen LogP contribution in [0.2, 0.25) is 0 Å². The largest absolute Gasteiger partial charge is 0.387 e. The van der Waals surface area contributed by atoms with Crippen LogP contribution in [0.5, 0.6) is 0 Å². The predicted molar refractivity (Wildman–Crippen MR) is 98.3 cm³/mol. The fourth-order valence-electron chi connectivity index (χ4n) is 3.57. The van der Waals surface area contributed by atoms with Crippen molar-refractivity contribution < 1.29 is 13.9 Å². The van der Waals surface area contributed by atoms with Crippen LogP contribution in [0.4, 0.5) is 14.5 Å². The summed E-state index contributed by atoms with van der Waals surface area (Å²) < 4.78 is 26.6. The first-order valence-electron chi connectivity index (χ1n) is 8.77. The topological polar surface area (TPSA) is 42.5 Å². The van der Waals surface area contributed by atoms with Gasteiger partial charge in [0.15, 0.2) is 0 Å². The van der Waals surface area contributed by atoms with E-state index < -0.39 is 6.10 Å². The molecule has 1 fully saturated rings. The molecule has 1 aliphatic rings. The number of rotatable bonds is 4. The van der Waals surface area contributed by atoms with Crippen molar-refractivity contribution in [3.63, 3.8) is 0 Å². The smallest absolute Gasteiger partial charge is 0.123 e. The highest BCUT2D eigenvalue weighted by molar-refractivity contribution is 5.83. The van der Waals surface area contributed by atoms with Gasteiger partial charge in [-0.3, -0.25) is 4.90 Å². The van der Waals surface area contributed by atoms with Crippen molar-refractivity contribution in [2.24, 2.45) is 0 Å². The van der Waals surface area contributed by atoms with Gasteiger partial charge in [-0.05, 0) is 42.5 Å². The predicted octanol–water partition coefficient (Wildman–Crippen LogP) is 3.30. The van der Waals surface area contributed by atoms with Gasteiger partial charge in [-0.1, -0.05) is 0 Å². The second kappa shape index (κ2) is 7.05. The number of piperazine rings is 1. The highest BCUT2D eigenvalue weighted by atomic mass is 19.1. The summed E-state index contributed by atoms with van der Waals surface area (Å²) in [4.78, 5) is 7.49. The molecular weight excluding hydrogens is 336 g/mol. The molecule has 4 nitrogen and oxygen atoms in total. The molecule has 4 rings (SSSR count). The lowest BCUT2D eigenvalue weighted by molar-refractivity contribution is 0.110. The van der Waals surface area contributed by atoms with Crippen molar-refractivity contribution in [2.45, 2.75) is 6.10 Å². The third kappa shape index (κ3) is 3.43. The minimum Gasteiger partial charge on any atom is -0.387 e. The van der Waals surface area contributed by atoms with Gasteiger partial charge in [0.2, 0.25) is 0 Å². The fraction of sp³-hybridized carbons (Fsp3) is 0.300. The monoisotopic (exact) mass is 357 g/mol. The molecule has 2 aromatic carbocycles. The normalized spacial score (nSPS) is 17.0. The Balaban J connectivity index is 1.39. The molecule has 0 amide bonds. The molecule has 136 valence electrons. The van der Waals surface area contributed by atoms with Gasteiger partial charge in [-0.15, -0.1) is 0 Å². The maximum atomic E-state index is 13.5. The summed E-state index contributed by atoms with van der Waals surface area (Å²) in [5.74, 6) is -0.538. The first-order chi connectivity index (χ1) is 12.6. The zero-order chi connectivity index (χ0) is 18.1. The minimum absolute atomic E-state index is 0.231. The van der Waals surface area contributed by atoms with E-state index in [4.69, 9.17) is 0 Å². The Bertz CT molecular complexity index is 886. The molecule has 0 spiro atoms. The van der Waals surface area contributed by atoms with Gasteiger partial charge in [0.1, 0.15) is 11.6 Å². The minimum atomic E-state index is -0.678. The summed E-state index contributed by atoms with van der Waals surface area (Å²) in [6.07, 6.45) is 1.08. The van der Waals surface area contributed by atoms with Crippen molar-refractivity contribution in [3.8, 4) is 0 Å². The highest BCUT2D eigenvalue weighted by Gasteiger charge is 2.21. The van der Waals surface area contributed by atoms with E-state index in [9.17, 15) is 13.9 Å². The van der Waals surface area contributed by atoms with E-state index in [1.54, 1.807) is 24.4 Å². The standard InChI is InChI=1S/C20H21F2N3O/c21-14-1-4-16(5-2-14)25-9-7-24(8-10-25)13-20(26)18-12-23-19-6-3-15(22)11-17(18)19/h1-6,11-12,20,23,26H,7-10,13H2/t20-/m0/s1. The number of nitrogens with one attached hydrogen (secondary N) is 1. The molecule has 1 atom stereocenters. The molecule has 3 aromatic rings. The number of aliphatic hydroxyl groups is 1. The number of fused-ring (bicyclic) bond motifs is 1. The van der Waals surface area contributed by atoms with Crippen molar-refractivity contribution in [3.05, 3.63) is 65.9 Å². The van der Waals surface area contributed by atoms with Crippen LogP contribution in [0.3, 0.4) is 0 Å². The van der Waals surface area contributed by atoms with Crippen LogP contribution < -0.4 is 4.90 Å². The van der Waals surface area contributed by atoms with Gasteiger partial charge in [-0.2, -0.15) is 0 Å². The molecule has 0 aliphatic carbocycles. The summed E-state index contributed by atoms with van der Waals surface area (Å²) in [6.45, 7) is 3.76. The number of halogens is 2. The van der Waals surface area contributed by atoms with E-state index in [0.717, 1.165) is 48.3 Å². The van der Waals surface area contributed by atoms with Crippen molar-refractivity contribution in [1.29, 1.82) is 0 Å². The van der Waals surface area contributed by atoms with Crippen molar-refractivity contribution in [2.75, 3.05) is 37.6 Å². The van der Waals surface area contributed by atoms with E-state index in [2.05, 4.69) is 14.8 Å². The number of aromatic nitrogens is 1. The van der Waals surface area contributed by atoms with Crippen LogP contribution >= 0.6 is 0 Å². The molecule has 1 aliphatic heterocycles. The second-order valence-electron chi connectivity index (χ2n) is 6.71.